The summed E-state index contributed by atoms with van der Waals surface area (Å²) in [7, 11) is 0. The van der Waals surface area contributed by atoms with Crippen molar-refractivity contribution < 1.29 is 32.3 Å². The van der Waals surface area contributed by atoms with Crippen molar-refractivity contribution >= 4 is 46.8 Å². The van der Waals surface area contributed by atoms with E-state index in [4.69, 9.17) is 5.73 Å². The molecule has 18 heteroatoms. The van der Waals surface area contributed by atoms with Gasteiger partial charge in [-0.3, -0.25) is 24.5 Å². The van der Waals surface area contributed by atoms with Gasteiger partial charge in [-0.15, -0.1) is 0 Å². The van der Waals surface area contributed by atoms with E-state index in [9.17, 15) is 32.3 Å². The van der Waals surface area contributed by atoms with Crippen LogP contribution in [0.5, 0.6) is 0 Å². The number of piperidine rings is 2. The third kappa shape index (κ3) is 11.2. The van der Waals surface area contributed by atoms with Crippen LogP contribution in [0.25, 0.3) is 11.3 Å². The first kappa shape index (κ1) is 40.9. The lowest BCUT2D eigenvalue weighted by molar-refractivity contribution is -0.137. The minimum Gasteiger partial charge on any atom is -0.399 e. The van der Waals surface area contributed by atoms with Crippen LogP contribution in [0.1, 0.15) is 51.5 Å². The Bertz CT molecular complexity index is 1960. The summed E-state index contributed by atoms with van der Waals surface area (Å²) < 4.78 is 59.6. The smallest absolute Gasteiger partial charge is 0.399 e. The van der Waals surface area contributed by atoms with E-state index in [2.05, 4.69) is 39.8 Å². The minimum absolute atomic E-state index is 0.0233. The van der Waals surface area contributed by atoms with Gasteiger partial charge in [0.1, 0.15) is 11.4 Å². The first-order valence-corrected chi connectivity index (χ1v) is 19.2. The van der Waals surface area contributed by atoms with E-state index in [0.29, 0.717) is 42.4 Å². The molecule has 13 nitrogen and oxygen atoms in total. The molecule has 56 heavy (non-hydrogen) atoms. The number of nitrogens with one attached hydrogen (secondary N) is 2. The summed E-state index contributed by atoms with van der Waals surface area (Å²) in [5, 5.41) is 19.4. The number of halogens is 4. The highest BCUT2D eigenvalue weighted by Crippen LogP contribution is 2.37. The monoisotopic (exact) mass is 798 g/mol. The van der Waals surface area contributed by atoms with Gasteiger partial charge in [0, 0.05) is 92.4 Å². The largest absolute Gasteiger partial charge is 0.419 e. The summed E-state index contributed by atoms with van der Waals surface area (Å²) in [6.07, 6.45) is 2.66. The lowest BCUT2D eigenvalue weighted by Gasteiger charge is -2.43. The molecule has 2 amide bonds. The molecule has 0 radical (unpaired) electrons. The zero-order chi connectivity index (χ0) is 40.0. The number of carbonyl (C=O) groups excluding carboxylic acids is 2. The number of anilines is 4. The maximum absolute atomic E-state index is 14.4. The molecule has 0 spiro atoms. The Hall–Kier alpha value is -4.78. The minimum atomic E-state index is -4.66. The van der Waals surface area contributed by atoms with Gasteiger partial charge in [0.15, 0.2) is 0 Å². The second kappa shape index (κ2) is 17.6. The number of carbonyl (C=O) groups is 2. The summed E-state index contributed by atoms with van der Waals surface area (Å²) in [5.74, 6) is -0.527. The van der Waals surface area contributed by atoms with Gasteiger partial charge in [0.05, 0.1) is 29.7 Å². The maximum atomic E-state index is 14.4. The molecule has 4 aromatic rings. The Labute approximate surface area is 326 Å². The molecule has 2 aromatic heterocycles. The molecule has 0 bridgehead atoms. The molecule has 0 atom stereocenters. The van der Waals surface area contributed by atoms with Crippen LogP contribution in [0.15, 0.2) is 66.0 Å². The molecule has 3 aliphatic rings. The quantitative estimate of drug-likeness (QED) is 0.0710. The van der Waals surface area contributed by atoms with E-state index < -0.39 is 17.3 Å². The number of hydrogen-bond donors (Lipinski definition) is 4. The van der Waals surface area contributed by atoms with Gasteiger partial charge in [-0.1, -0.05) is 0 Å². The fraction of sp³-hybridized carbons (Fsp3) is 0.447. The van der Waals surface area contributed by atoms with Gasteiger partial charge < -0.3 is 21.1 Å². The Kier molecular flexibility index (Phi) is 12.8. The van der Waals surface area contributed by atoms with Crippen molar-refractivity contribution in [2.75, 3.05) is 55.2 Å². The van der Waals surface area contributed by atoms with E-state index in [1.165, 1.54) is 23.1 Å². The van der Waals surface area contributed by atoms with Crippen molar-refractivity contribution in [2.45, 2.75) is 75.2 Å². The molecular formula is C38H46F4N10O3S. The van der Waals surface area contributed by atoms with Crippen molar-refractivity contribution in [1.29, 1.82) is 0 Å². The number of benzene rings is 2. The van der Waals surface area contributed by atoms with Crippen LogP contribution >= 0.6 is 11.9 Å². The first-order valence-electron chi connectivity index (χ1n) is 18.5. The van der Waals surface area contributed by atoms with Gasteiger partial charge in [-0.05, 0) is 87.5 Å². The normalized spacial score (nSPS) is 17.7. The first-order chi connectivity index (χ1) is 26.6. The predicted molar refractivity (Wildman–Crippen MR) is 206 cm³/mol. The number of hydrogen-bond acceptors (Lipinski definition) is 12. The number of nitrogens with zero attached hydrogens (tertiary/aromatic N) is 7. The summed E-state index contributed by atoms with van der Waals surface area (Å²) in [5.41, 5.74) is 5.20. The summed E-state index contributed by atoms with van der Waals surface area (Å²) >= 11 is 1.68. The van der Waals surface area contributed by atoms with Crippen LogP contribution in [0.3, 0.4) is 0 Å². The molecule has 7 rings (SSSR count). The van der Waals surface area contributed by atoms with Gasteiger partial charge >= 0.3 is 6.18 Å². The number of nitrogen functional groups attached to an aromatic ring is 1. The Morgan fingerprint density at radius 2 is 1.64 bits per heavy atom. The van der Waals surface area contributed by atoms with Crippen LogP contribution < -0.4 is 21.3 Å². The molecule has 3 aliphatic heterocycles. The molecular weight excluding hydrogens is 753 g/mol. The van der Waals surface area contributed by atoms with Crippen LogP contribution in [-0.4, -0.2) is 96.8 Å². The molecule has 0 aliphatic carbocycles. The summed E-state index contributed by atoms with van der Waals surface area (Å²) in [6.45, 7) is 8.53. The Morgan fingerprint density at radius 1 is 0.964 bits per heavy atom. The highest BCUT2D eigenvalue weighted by atomic mass is 32.2. The van der Waals surface area contributed by atoms with E-state index in [-0.39, 0.29) is 41.4 Å². The zero-order valence-corrected chi connectivity index (χ0v) is 32.0. The highest BCUT2D eigenvalue weighted by molar-refractivity contribution is 7.97. The number of aliphatic hydroxyl groups is 1. The standard InChI is InChI=1S/C33H39F4N9OS.C5H7NO2/c1-32(2,47)21-45-20-22(18-40-45)30-27(33(35,36)37)19-39-31(42-30)41-24-4-6-26(7-5-24)48-46-11-9-25(10-12-46)43-13-15-44(16-14-43)29-8-3-23(38)17-28(29)34;7-4-2-1-3-5(8)6-4/h3-8,17-20,25,47H,9-16,21,38H2,1-2H3,(H,39,41,42);1-3H2,(H,6,7,8). The highest BCUT2D eigenvalue weighted by Gasteiger charge is 2.36. The fourth-order valence-electron chi connectivity index (χ4n) is 6.81. The fourth-order valence-corrected chi connectivity index (χ4v) is 7.76. The lowest BCUT2D eigenvalue weighted by atomic mass is 10.0. The third-order valence-electron chi connectivity index (χ3n) is 9.55. The SMILES string of the molecule is CC(C)(O)Cn1cc(-c2nc(Nc3ccc(SN4CCC(N5CCN(c6ccc(N)cc6F)CC5)CC4)cc3)ncc2C(F)(F)F)cn1.O=C1CCCC(=O)N1. The number of piperazine rings is 1. The van der Waals surface area contributed by atoms with Gasteiger partial charge in [0.2, 0.25) is 17.8 Å². The molecule has 0 saturated carbocycles. The van der Waals surface area contributed by atoms with Crippen molar-refractivity contribution in [3.8, 4) is 11.3 Å². The van der Waals surface area contributed by atoms with Crippen LogP contribution in [0.2, 0.25) is 0 Å². The molecule has 300 valence electrons. The molecule has 0 unspecified atom stereocenters. The molecule has 3 fully saturated rings. The lowest BCUT2D eigenvalue weighted by Crippen LogP contribution is -2.52. The molecule has 5 heterocycles. The second-order valence-electron chi connectivity index (χ2n) is 14.7. The topological polar surface area (TPSA) is 158 Å². The molecule has 2 aromatic carbocycles. The van der Waals surface area contributed by atoms with Crippen LogP contribution in [-0.2, 0) is 22.3 Å². The van der Waals surface area contributed by atoms with E-state index in [1.807, 2.05) is 24.3 Å². The second-order valence-corrected chi connectivity index (χ2v) is 15.8. The molecule has 3 saturated heterocycles. The zero-order valence-electron chi connectivity index (χ0n) is 31.2. The van der Waals surface area contributed by atoms with Crippen LogP contribution in [0, 0.1) is 5.82 Å². The average molecular weight is 799 g/mol. The number of imide groups is 1. The van der Waals surface area contributed by atoms with Gasteiger partial charge in [-0.2, -0.15) is 18.3 Å². The van der Waals surface area contributed by atoms with Gasteiger partial charge in [-0.25, -0.2) is 18.7 Å². The number of rotatable bonds is 9. The number of aromatic nitrogens is 4. The number of alkyl halides is 3. The third-order valence-corrected chi connectivity index (χ3v) is 10.7. The van der Waals surface area contributed by atoms with E-state index in [0.717, 1.165) is 63.2 Å². The van der Waals surface area contributed by atoms with Crippen molar-refractivity contribution in [1.82, 2.24) is 34.3 Å². The summed E-state index contributed by atoms with van der Waals surface area (Å²) in [4.78, 5) is 34.5. The van der Waals surface area contributed by atoms with Gasteiger partial charge in [0.25, 0.3) is 0 Å². The predicted octanol–water partition coefficient (Wildman–Crippen LogP) is 5.70. The maximum Gasteiger partial charge on any atom is 0.419 e. The molecule has 5 N–H and O–H groups in total. The average Bonchev–Trinajstić information content (AvgIpc) is 3.60. The Morgan fingerprint density at radius 3 is 2.23 bits per heavy atom. The van der Waals surface area contributed by atoms with E-state index in [1.54, 1.807) is 37.9 Å². The number of nitrogens with two attached hydrogens (primary N) is 1. The Balaban J connectivity index is 0.000000592. The number of amides is 2. The summed E-state index contributed by atoms with van der Waals surface area (Å²) in [6, 6.07) is 13.0. The van der Waals surface area contributed by atoms with Crippen molar-refractivity contribution in [3.63, 3.8) is 0 Å². The van der Waals surface area contributed by atoms with Crippen LogP contribution in [0.4, 0.5) is 40.6 Å². The van der Waals surface area contributed by atoms with Crippen molar-refractivity contribution in [3.05, 3.63) is 72.4 Å². The van der Waals surface area contributed by atoms with Crippen molar-refractivity contribution in [2.24, 2.45) is 0 Å². The van der Waals surface area contributed by atoms with E-state index >= 15 is 0 Å².